The SMILES string of the molecule is Cc1ccc(OCc2nc(C)c(C(N)=S)s2)c(C)c1. The highest BCUT2D eigenvalue weighted by atomic mass is 32.1. The molecular formula is C14H16N2OS2. The Hall–Kier alpha value is -1.46. The van der Waals surface area contributed by atoms with Crippen LogP contribution in [0.4, 0.5) is 0 Å². The van der Waals surface area contributed by atoms with Gasteiger partial charge in [0.1, 0.15) is 22.4 Å². The van der Waals surface area contributed by atoms with Gasteiger partial charge in [-0.1, -0.05) is 29.9 Å². The summed E-state index contributed by atoms with van der Waals surface area (Å²) >= 11 is 6.48. The van der Waals surface area contributed by atoms with Crippen LogP contribution in [-0.4, -0.2) is 9.97 Å². The van der Waals surface area contributed by atoms with Crippen LogP contribution >= 0.6 is 23.6 Å². The molecule has 1 aromatic carbocycles. The lowest BCUT2D eigenvalue weighted by Gasteiger charge is -2.07. The normalized spacial score (nSPS) is 10.5. The number of nitrogens with zero attached hydrogens (tertiary/aromatic N) is 1. The third-order valence-electron chi connectivity index (χ3n) is 2.75. The van der Waals surface area contributed by atoms with Gasteiger partial charge < -0.3 is 10.5 Å². The second kappa shape index (κ2) is 5.67. The standard InChI is InChI=1S/C14H16N2OS2/c1-8-4-5-11(9(2)6-8)17-7-12-16-10(3)13(19-12)14(15)18/h4-6H,7H2,1-3H3,(H2,15,18). The lowest BCUT2D eigenvalue weighted by Crippen LogP contribution is -2.08. The molecule has 0 spiro atoms. The molecule has 0 unspecified atom stereocenters. The van der Waals surface area contributed by atoms with Gasteiger partial charge in [0.15, 0.2) is 0 Å². The lowest BCUT2D eigenvalue weighted by atomic mass is 10.1. The molecule has 5 heteroatoms. The first-order valence-electron chi connectivity index (χ1n) is 5.93. The maximum atomic E-state index is 5.79. The average Bonchev–Trinajstić information content (AvgIpc) is 2.69. The van der Waals surface area contributed by atoms with Crippen molar-refractivity contribution >= 4 is 28.5 Å². The number of nitrogens with two attached hydrogens (primary N) is 1. The molecule has 2 aromatic rings. The predicted molar refractivity (Wildman–Crippen MR) is 83.0 cm³/mol. The molecule has 3 nitrogen and oxygen atoms in total. The van der Waals surface area contributed by atoms with Gasteiger partial charge in [0, 0.05) is 0 Å². The summed E-state index contributed by atoms with van der Waals surface area (Å²) in [7, 11) is 0. The van der Waals surface area contributed by atoms with Crippen LogP contribution in [0.1, 0.15) is 26.7 Å². The van der Waals surface area contributed by atoms with E-state index in [0.717, 1.165) is 26.9 Å². The van der Waals surface area contributed by atoms with Gasteiger partial charge in [-0.2, -0.15) is 0 Å². The monoisotopic (exact) mass is 292 g/mol. The minimum atomic E-state index is 0.396. The van der Waals surface area contributed by atoms with Gasteiger partial charge in [-0.25, -0.2) is 4.98 Å². The predicted octanol–water partition coefficient (Wildman–Crippen LogP) is 3.28. The Balaban J connectivity index is 2.10. The van der Waals surface area contributed by atoms with E-state index >= 15 is 0 Å². The van der Waals surface area contributed by atoms with Gasteiger partial charge in [-0.05, 0) is 32.4 Å². The largest absolute Gasteiger partial charge is 0.486 e. The minimum Gasteiger partial charge on any atom is -0.486 e. The summed E-state index contributed by atoms with van der Waals surface area (Å²) in [5.41, 5.74) is 8.86. The van der Waals surface area contributed by atoms with Gasteiger partial charge in [0.05, 0.1) is 10.6 Å². The Morgan fingerprint density at radius 3 is 2.68 bits per heavy atom. The molecular weight excluding hydrogens is 276 g/mol. The molecule has 0 aliphatic rings. The molecule has 100 valence electrons. The third-order valence-corrected chi connectivity index (χ3v) is 4.24. The Morgan fingerprint density at radius 2 is 2.11 bits per heavy atom. The molecule has 2 rings (SSSR count). The molecule has 0 saturated carbocycles. The summed E-state index contributed by atoms with van der Waals surface area (Å²) in [6.07, 6.45) is 0. The highest BCUT2D eigenvalue weighted by Crippen LogP contribution is 2.23. The summed E-state index contributed by atoms with van der Waals surface area (Å²) in [6, 6.07) is 6.12. The Labute approximate surface area is 122 Å². The molecule has 0 bridgehead atoms. The van der Waals surface area contributed by atoms with Crippen LogP contribution in [-0.2, 0) is 6.61 Å². The van der Waals surface area contributed by atoms with Crippen molar-refractivity contribution in [2.24, 2.45) is 5.73 Å². The molecule has 1 aromatic heterocycles. The van der Waals surface area contributed by atoms with Crippen molar-refractivity contribution in [3.63, 3.8) is 0 Å². The number of thiocarbonyl (C=S) groups is 1. The number of aryl methyl sites for hydroxylation is 3. The van der Waals surface area contributed by atoms with E-state index in [0.29, 0.717) is 11.6 Å². The van der Waals surface area contributed by atoms with Gasteiger partial charge in [0.2, 0.25) is 0 Å². The Kier molecular flexibility index (Phi) is 4.17. The summed E-state index contributed by atoms with van der Waals surface area (Å²) in [6.45, 7) is 6.45. The lowest BCUT2D eigenvalue weighted by molar-refractivity contribution is 0.303. The molecule has 0 radical (unpaired) electrons. The van der Waals surface area contributed by atoms with Gasteiger partial charge in [0.25, 0.3) is 0 Å². The topological polar surface area (TPSA) is 48.1 Å². The quantitative estimate of drug-likeness (QED) is 0.879. The van der Waals surface area contributed by atoms with Crippen molar-refractivity contribution < 1.29 is 4.74 Å². The van der Waals surface area contributed by atoms with Crippen molar-refractivity contribution in [2.45, 2.75) is 27.4 Å². The van der Waals surface area contributed by atoms with E-state index in [2.05, 4.69) is 18.0 Å². The van der Waals surface area contributed by atoms with Crippen LogP contribution in [0.25, 0.3) is 0 Å². The van der Waals surface area contributed by atoms with Crippen LogP contribution in [0.2, 0.25) is 0 Å². The number of ether oxygens (including phenoxy) is 1. The van der Waals surface area contributed by atoms with Crippen LogP contribution in [0.15, 0.2) is 18.2 Å². The smallest absolute Gasteiger partial charge is 0.140 e. The van der Waals surface area contributed by atoms with E-state index in [1.165, 1.54) is 16.9 Å². The summed E-state index contributed by atoms with van der Waals surface area (Å²) < 4.78 is 5.79. The van der Waals surface area contributed by atoms with Crippen LogP contribution in [0.3, 0.4) is 0 Å². The molecule has 0 fully saturated rings. The van der Waals surface area contributed by atoms with Crippen molar-refractivity contribution in [3.05, 3.63) is 44.9 Å². The number of rotatable bonds is 4. The maximum absolute atomic E-state index is 5.79. The zero-order valence-corrected chi connectivity index (χ0v) is 12.8. The van der Waals surface area contributed by atoms with E-state index in [4.69, 9.17) is 22.7 Å². The summed E-state index contributed by atoms with van der Waals surface area (Å²) in [5.74, 6) is 0.885. The van der Waals surface area contributed by atoms with E-state index in [-0.39, 0.29) is 0 Å². The van der Waals surface area contributed by atoms with E-state index in [9.17, 15) is 0 Å². The van der Waals surface area contributed by atoms with E-state index < -0.39 is 0 Å². The zero-order chi connectivity index (χ0) is 14.0. The first-order chi connectivity index (χ1) is 8.97. The van der Waals surface area contributed by atoms with Crippen molar-refractivity contribution in [2.75, 3.05) is 0 Å². The highest BCUT2D eigenvalue weighted by Gasteiger charge is 2.10. The number of benzene rings is 1. The first kappa shape index (κ1) is 14.0. The molecule has 0 saturated heterocycles. The second-order valence-corrected chi connectivity index (χ2v) is 5.97. The molecule has 19 heavy (non-hydrogen) atoms. The number of hydrogen-bond donors (Lipinski definition) is 1. The molecule has 0 atom stereocenters. The third kappa shape index (κ3) is 3.30. The van der Waals surface area contributed by atoms with Crippen LogP contribution in [0.5, 0.6) is 5.75 Å². The van der Waals surface area contributed by atoms with Crippen LogP contribution in [0, 0.1) is 20.8 Å². The summed E-state index contributed by atoms with van der Waals surface area (Å²) in [5, 5.41) is 0.889. The number of hydrogen-bond acceptors (Lipinski definition) is 4. The van der Waals surface area contributed by atoms with Crippen LogP contribution < -0.4 is 10.5 Å². The van der Waals surface area contributed by atoms with Crippen molar-refractivity contribution in [3.8, 4) is 5.75 Å². The zero-order valence-electron chi connectivity index (χ0n) is 11.2. The fraction of sp³-hybridized carbons (Fsp3) is 0.286. The Morgan fingerprint density at radius 1 is 1.37 bits per heavy atom. The highest BCUT2D eigenvalue weighted by molar-refractivity contribution is 7.81. The maximum Gasteiger partial charge on any atom is 0.140 e. The van der Waals surface area contributed by atoms with E-state index in [1.807, 2.05) is 26.0 Å². The van der Waals surface area contributed by atoms with Gasteiger partial charge in [-0.15, -0.1) is 11.3 Å². The van der Waals surface area contributed by atoms with Crippen molar-refractivity contribution in [1.29, 1.82) is 0 Å². The molecule has 0 aliphatic carbocycles. The second-order valence-electron chi connectivity index (χ2n) is 4.44. The fourth-order valence-corrected chi connectivity index (χ4v) is 2.95. The van der Waals surface area contributed by atoms with Gasteiger partial charge in [-0.3, -0.25) is 0 Å². The number of thiazole rings is 1. The van der Waals surface area contributed by atoms with Gasteiger partial charge >= 0.3 is 0 Å². The molecule has 0 amide bonds. The fourth-order valence-electron chi connectivity index (χ4n) is 1.84. The minimum absolute atomic E-state index is 0.396. The van der Waals surface area contributed by atoms with Crippen molar-refractivity contribution in [1.82, 2.24) is 4.98 Å². The molecule has 2 N–H and O–H groups in total. The number of aromatic nitrogens is 1. The molecule has 1 heterocycles. The summed E-state index contributed by atoms with van der Waals surface area (Å²) in [4.78, 5) is 5.69. The average molecular weight is 292 g/mol. The van der Waals surface area contributed by atoms with E-state index in [1.54, 1.807) is 0 Å². The first-order valence-corrected chi connectivity index (χ1v) is 7.16. The molecule has 0 aliphatic heterocycles. The Bertz CT molecular complexity index is 620.